The van der Waals surface area contributed by atoms with Gasteiger partial charge < -0.3 is 5.11 Å². The van der Waals surface area contributed by atoms with E-state index in [1.807, 2.05) is 11.1 Å². The number of allylic oxidation sites excluding steroid dienone is 4. The average Bonchev–Trinajstić information content (AvgIpc) is 2.96. The van der Waals surface area contributed by atoms with Gasteiger partial charge in [-0.1, -0.05) is 80.3 Å². The van der Waals surface area contributed by atoms with E-state index in [0.717, 1.165) is 18.3 Å². The number of aliphatic hydroxyl groups excluding tert-OH is 1. The van der Waals surface area contributed by atoms with Crippen LogP contribution >= 0.6 is 15.9 Å². The minimum absolute atomic E-state index is 0.0374. The van der Waals surface area contributed by atoms with Gasteiger partial charge in [0.2, 0.25) is 0 Å². The van der Waals surface area contributed by atoms with Crippen LogP contribution in [0, 0.1) is 39.4 Å². The Labute approximate surface area is 207 Å². The van der Waals surface area contributed by atoms with Crippen molar-refractivity contribution in [2.24, 2.45) is 39.4 Å². The van der Waals surface area contributed by atoms with Crippen LogP contribution in [-0.4, -0.2) is 16.0 Å². The molecule has 4 rings (SSSR count). The van der Waals surface area contributed by atoms with Gasteiger partial charge >= 0.3 is 0 Å². The van der Waals surface area contributed by atoms with Gasteiger partial charge in [-0.15, -0.1) is 0 Å². The maximum absolute atomic E-state index is 10.8. The van der Waals surface area contributed by atoms with Crippen molar-refractivity contribution < 1.29 is 5.11 Å². The van der Waals surface area contributed by atoms with Crippen molar-refractivity contribution in [3.05, 3.63) is 22.8 Å². The topological polar surface area (TPSA) is 20.2 Å². The molecule has 0 aromatic heterocycles. The molecule has 4 aliphatic carbocycles. The lowest BCUT2D eigenvalue weighted by molar-refractivity contribution is -0.0962. The zero-order valence-corrected chi connectivity index (χ0v) is 23.7. The Morgan fingerprint density at radius 2 is 1.69 bits per heavy atom. The van der Waals surface area contributed by atoms with Crippen molar-refractivity contribution in [2.75, 3.05) is 0 Å². The zero-order chi connectivity index (χ0) is 23.7. The fraction of sp³-hybridized carbons (Fsp3) is 0.867. The molecule has 182 valence electrons. The van der Waals surface area contributed by atoms with Crippen molar-refractivity contribution in [1.29, 1.82) is 0 Å². The molecule has 2 saturated carbocycles. The minimum Gasteiger partial charge on any atom is -0.393 e. The summed E-state index contributed by atoms with van der Waals surface area (Å²) in [6.45, 7) is 19.5. The van der Waals surface area contributed by atoms with Crippen LogP contribution in [-0.2, 0) is 0 Å². The number of hydrogen-bond donors (Lipinski definition) is 1. The van der Waals surface area contributed by atoms with Gasteiger partial charge in [0, 0.05) is 4.83 Å². The van der Waals surface area contributed by atoms with Gasteiger partial charge in [0.05, 0.1) is 6.10 Å². The molecule has 1 nitrogen and oxygen atoms in total. The van der Waals surface area contributed by atoms with E-state index in [0.29, 0.717) is 27.0 Å². The summed E-state index contributed by atoms with van der Waals surface area (Å²) in [5, 5.41) is 10.8. The number of rotatable bonds is 4. The Balaban J connectivity index is 1.65. The summed E-state index contributed by atoms with van der Waals surface area (Å²) < 4.78 is 0. The minimum atomic E-state index is -0.137. The van der Waals surface area contributed by atoms with E-state index in [1.54, 1.807) is 0 Å². The number of aliphatic hydroxyl groups is 1. The van der Waals surface area contributed by atoms with Crippen LogP contribution in [0.5, 0.6) is 0 Å². The molecule has 0 bridgehead atoms. The van der Waals surface area contributed by atoms with Gasteiger partial charge in [-0.05, 0) is 111 Å². The van der Waals surface area contributed by atoms with Gasteiger partial charge in [0.15, 0.2) is 0 Å². The molecule has 0 saturated heterocycles. The molecule has 0 aliphatic heterocycles. The summed E-state index contributed by atoms with van der Waals surface area (Å²) in [5.41, 5.74) is 6.25. The molecule has 0 radical (unpaired) electrons. The molecular formula is C30H49BrO. The second-order valence-electron chi connectivity index (χ2n) is 13.7. The molecule has 0 heterocycles. The Bertz CT molecular complexity index is 804. The third kappa shape index (κ3) is 3.55. The van der Waals surface area contributed by atoms with Crippen molar-refractivity contribution in [3.8, 4) is 0 Å². The standard InChI is InChI=1S/C30H49BrO/c1-19(2)17-21(31)18-20(3)22-11-15-30(8)24-9-10-25-27(4,5)26(32)13-14-28(25,6)23(24)12-16-29(22,30)7/h17,20-22,25-26,32H,9-16,18H2,1-8H3/t20-,21?,22-,25+,26+,28-,29-,30+/m1/s1. The summed E-state index contributed by atoms with van der Waals surface area (Å²) in [4.78, 5) is 0.501. The van der Waals surface area contributed by atoms with E-state index >= 15 is 0 Å². The van der Waals surface area contributed by atoms with Crippen LogP contribution in [0.3, 0.4) is 0 Å². The molecule has 0 spiro atoms. The predicted molar refractivity (Wildman–Crippen MR) is 141 cm³/mol. The van der Waals surface area contributed by atoms with E-state index in [2.05, 4.69) is 77.4 Å². The molecule has 0 aromatic rings. The van der Waals surface area contributed by atoms with Crippen LogP contribution in [0.25, 0.3) is 0 Å². The summed E-state index contributed by atoms with van der Waals surface area (Å²) in [6, 6.07) is 0. The predicted octanol–water partition coefficient (Wildman–Crippen LogP) is 8.85. The fourth-order valence-electron chi connectivity index (χ4n) is 9.58. The number of halogens is 1. The highest BCUT2D eigenvalue weighted by Gasteiger charge is 2.63. The first kappa shape index (κ1) is 25.0. The molecule has 0 amide bonds. The van der Waals surface area contributed by atoms with Gasteiger partial charge in [-0.2, -0.15) is 0 Å². The lowest BCUT2D eigenvalue weighted by Crippen LogP contribution is -2.55. The summed E-state index contributed by atoms with van der Waals surface area (Å²) >= 11 is 3.96. The Morgan fingerprint density at radius 3 is 2.34 bits per heavy atom. The highest BCUT2D eigenvalue weighted by molar-refractivity contribution is 9.09. The van der Waals surface area contributed by atoms with Gasteiger partial charge in [0.25, 0.3) is 0 Å². The summed E-state index contributed by atoms with van der Waals surface area (Å²) in [6.07, 6.45) is 13.6. The van der Waals surface area contributed by atoms with Crippen molar-refractivity contribution >= 4 is 15.9 Å². The quantitative estimate of drug-likeness (QED) is 0.299. The smallest absolute Gasteiger partial charge is 0.0594 e. The normalized spacial score (nSPS) is 44.9. The number of hydrogen-bond acceptors (Lipinski definition) is 1. The Kier molecular flexibility index (Phi) is 6.45. The Morgan fingerprint density at radius 1 is 1.00 bits per heavy atom. The first-order chi connectivity index (χ1) is 14.8. The van der Waals surface area contributed by atoms with E-state index < -0.39 is 0 Å². The van der Waals surface area contributed by atoms with Crippen LogP contribution in [0.4, 0.5) is 0 Å². The molecule has 2 heteroatoms. The lowest BCUT2D eigenvalue weighted by atomic mass is 9.43. The van der Waals surface area contributed by atoms with Crippen molar-refractivity contribution in [3.63, 3.8) is 0 Å². The monoisotopic (exact) mass is 504 g/mol. The van der Waals surface area contributed by atoms with Crippen LogP contribution in [0.1, 0.15) is 113 Å². The van der Waals surface area contributed by atoms with Crippen molar-refractivity contribution in [1.82, 2.24) is 0 Å². The van der Waals surface area contributed by atoms with E-state index in [9.17, 15) is 5.11 Å². The Hall–Kier alpha value is -0.0800. The second kappa shape index (κ2) is 8.25. The first-order valence-electron chi connectivity index (χ1n) is 13.5. The zero-order valence-electron chi connectivity index (χ0n) is 22.2. The largest absolute Gasteiger partial charge is 0.393 e. The molecule has 0 aromatic carbocycles. The van der Waals surface area contributed by atoms with Crippen LogP contribution < -0.4 is 0 Å². The van der Waals surface area contributed by atoms with Gasteiger partial charge in [-0.25, -0.2) is 0 Å². The van der Waals surface area contributed by atoms with E-state index in [1.165, 1.54) is 56.9 Å². The van der Waals surface area contributed by atoms with E-state index in [-0.39, 0.29) is 11.5 Å². The third-order valence-electron chi connectivity index (χ3n) is 11.6. The first-order valence-corrected chi connectivity index (χ1v) is 14.4. The summed E-state index contributed by atoms with van der Waals surface area (Å²) in [5.74, 6) is 2.20. The highest BCUT2D eigenvalue weighted by Crippen LogP contribution is 2.72. The SMILES string of the molecule is CC(C)=CC(Br)C[C@@H](C)[C@H]1CC[C@@]2(C)C3=C(CC[C@]12C)[C@@]1(C)CC[C@H](O)C(C)(C)[C@@H]1CC3. The molecule has 2 fully saturated rings. The molecule has 32 heavy (non-hydrogen) atoms. The summed E-state index contributed by atoms with van der Waals surface area (Å²) in [7, 11) is 0. The number of fused-ring (bicyclic) bond motifs is 4. The van der Waals surface area contributed by atoms with Gasteiger partial charge in [-0.3, -0.25) is 0 Å². The third-order valence-corrected chi connectivity index (χ3v) is 12.2. The molecule has 1 N–H and O–H groups in total. The average molecular weight is 506 g/mol. The molecule has 8 atom stereocenters. The lowest BCUT2D eigenvalue weighted by Gasteiger charge is -2.62. The van der Waals surface area contributed by atoms with Crippen LogP contribution in [0.15, 0.2) is 22.8 Å². The fourth-order valence-corrected chi connectivity index (χ4v) is 10.7. The maximum atomic E-state index is 10.8. The molecule has 4 aliphatic rings. The van der Waals surface area contributed by atoms with Gasteiger partial charge in [0.1, 0.15) is 0 Å². The van der Waals surface area contributed by atoms with Crippen LogP contribution in [0.2, 0.25) is 0 Å². The molecular weight excluding hydrogens is 456 g/mol. The van der Waals surface area contributed by atoms with E-state index in [4.69, 9.17) is 0 Å². The number of alkyl halides is 1. The highest BCUT2D eigenvalue weighted by atomic mass is 79.9. The second-order valence-corrected chi connectivity index (χ2v) is 14.9. The van der Waals surface area contributed by atoms with Crippen molar-refractivity contribution in [2.45, 2.75) is 124 Å². The molecule has 1 unspecified atom stereocenters. The maximum Gasteiger partial charge on any atom is 0.0594 e.